The van der Waals surface area contributed by atoms with Gasteiger partial charge in [0.05, 0.1) is 27.6 Å². The van der Waals surface area contributed by atoms with E-state index in [1.54, 1.807) is 0 Å². The second kappa shape index (κ2) is 9.87. The second-order valence-electron chi connectivity index (χ2n) is 14.4. The topological polar surface area (TPSA) is 26.2 Å². The Kier molecular flexibility index (Phi) is 5.16. The van der Waals surface area contributed by atoms with E-state index in [1.807, 2.05) is 0 Å². The van der Waals surface area contributed by atoms with Gasteiger partial charge in [0, 0.05) is 55.2 Å². The Morgan fingerprint density at radius 3 is 1.87 bits per heavy atom. The van der Waals surface area contributed by atoms with E-state index in [1.165, 1.54) is 77.1 Å². The maximum absolute atomic E-state index is 6.54. The van der Waals surface area contributed by atoms with Gasteiger partial charge in [-0.2, -0.15) is 0 Å². The summed E-state index contributed by atoms with van der Waals surface area (Å²) in [5.74, 6) is 0. The van der Waals surface area contributed by atoms with Gasteiger partial charge in [0.25, 0.3) is 6.71 Å². The van der Waals surface area contributed by atoms with Gasteiger partial charge in [-0.25, -0.2) is 0 Å². The molecule has 0 N–H and O–H groups in total. The van der Waals surface area contributed by atoms with E-state index in [0.717, 1.165) is 33.3 Å². The van der Waals surface area contributed by atoms with Gasteiger partial charge < -0.3 is 18.5 Å². The zero-order valence-corrected chi connectivity index (χ0v) is 28.5. The number of para-hydroxylation sites is 6. The lowest BCUT2D eigenvalue weighted by Gasteiger charge is -2.40. The molecule has 8 aromatic carbocycles. The molecule has 244 valence electrons. The SMILES string of the molecule is c1ccc(N2c3ccccc3B3c4c2cc(-n2c5ccccc5c5ccccc52)cc4-n2c4c3cccc4c3ccc4oc5ccccc5c4c32)cc1. The predicted molar refractivity (Wildman–Crippen MR) is 222 cm³/mol. The molecule has 0 spiro atoms. The number of hydrogen-bond donors (Lipinski definition) is 0. The van der Waals surface area contributed by atoms with Crippen molar-refractivity contribution in [3.8, 4) is 11.4 Å². The van der Waals surface area contributed by atoms with Crippen LogP contribution in [0.4, 0.5) is 17.1 Å². The molecule has 53 heavy (non-hydrogen) atoms. The highest BCUT2D eigenvalue weighted by atomic mass is 16.3. The average molecular weight is 674 g/mol. The van der Waals surface area contributed by atoms with E-state index in [9.17, 15) is 0 Å². The molecule has 0 unspecified atom stereocenters. The van der Waals surface area contributed by atoms with Crippen molar-refractivity contribution in [3.63, 3.8) is 0 Å². The Labute approximate surface area is 304 Å². The van der Waals surface area contributed by atoms with Gasteiger partial charge in [-0.05, 0) is 77.1 Å². The lowest BCUT2D eigenvalue weighted by atomic mass is 9.34. The lowest BCUT2D eigenvalue weighted by Crippen LogP contribution is -2.60. The third-order valence-corrected chi connectivity index (χ3v) is 11.9. The second-order valence-corrected chi connectivity index (χ2v) is 14.4. The van der Waals surface area contributed by atoms with Gasteiger partial charge in [0.2, 0.25) is 0 Å². The molecule has 5 heteroatoms. The van der Waals surface area contributed by atoms with E-state index in [0.29, 0.717) is 0 Å². The van der Waals surface area contributed by atoms with Crippen molar-refractivity contribution >= 4 is 106 Å². The highest BCUT2D eigenvalue weighted by Gasteiger charge is 2.42. The quantitative estimate of drug-likeness (QED) is 0.171. The molecule has 0 aliphatic carbocycles. The summed E-state index contributed by atoms with van der Waals surface area (Å²) in [6.45, 7) is 0.0560. The zero-order valence-electron chi connectivity index (χ0n) is 28.5. The van der Waals surface area contributed by atoms with Crippen LogP contribution in [-0.4, -0.2) is 15.8 Å². The third kappa shape index (κ3) is 3.42. The van der Waals surface area contributed by atoms with Crippen LogP contribution in [0.1, 0.15) is 0 Å². The van der Waals surface area contributed by atoms with E-state index in [4.69, 9.17) is 4.42 Å². The van der Waals surface area contributed by atoms with Crippen LogP contribution < -0.4 is 21.3 Å². The maximum atomic E-state index is 6.54. The van der Waals surface area contributed by atoms with Gasteiger partial charge in [0.1, 0.15) is 11.2 Å². The first-order valence-corrected chi connectivity index (χ1v) is 18.3. The highest BCUT2D eigenvalue weighted by molar-refractivity contribution is 7.00. The highest BCUT2D eigenvalue weighted by Crippen LogP contribution is 2.46. The molecule has 2 aliphatic heterocycles. The molecule has 0 atom stereocenters. The van der Waals surface area contributed by atoms with E-state index in [2.05, 4.69) is 184 Å². The normalized spacial score (nSPS) is 13.2. The Morgan fingerprint density at radius 2 is 1.04 bits per heavy atom. The van der Waals surface area contributed by atoms with Crippen LogP contribution in [0.5, 0.6) is 0 Å². The summed E-state index contributed by atoms with van der Waals surface area (Å²) in [4.78, 5) is 2.49. The molecular formula is C48H28BN3O. The van der Waals surface area contributed by atoms with Crippen molar-refractivity contribution in [3.05, 3.63) is 170 Å². The van der Waals surface area contributed by atoms with Gasteiger partial charge in [-0.15, -0.1) is 0 Å². The molecule has 0 amide bonds. The van der Waals surface area contributed by atoms with Crippen LogP contribution in [0, 0.1) is 0 Å². The third-order valence-electron chi connectivity index (χ3n) is 11.9. The first kappa shape index (κ1) is 27.7. The van der Waals surface area contributed by atoms with Crippen molar-refractivity contribution in [1.29, 1.82) is 0 Å². The van der Waals surface area contributed by atoms with E-state index < -0.39 is 0 Å². The average Bonchev–Trinajstić information content (AvgIpc) is 3.88. The molecule has 0 fully saturated rings. The number of hydrogen-bond acceptors (Lipinski definition) is 2. The van der Waals surface area contributed by atoms with Gasteiger partial charge >= 0.3 is 0 Å². The predicted octanol–water partition coefficient (Wildman–Crippen LogP) is 10.4. The van der Waals surface area contributed by atoms with Crippen LogP contribution >= 0.6 is 0 Å². The summed E-state index contributed by atoms with van der Waals surface area (Å²) in [6.07, 6.45) is 0. The minimum atomic E-state index is 0.0560. The smallest absolute Gasteiger partial charge is 0.252 e. The fraction of sp³-hybridized carbons (Fsp3) is 0. The number of anilines is 3. The molecule has 11 aromatic rings. The molecule has 2 aliphatic rings. The Morgan fingerprint density at radius 1 is 0.396 bits per heavy atom. The molecule has 0 bridgehead atoms. The minimum absolute atomic E-state index is 0.0560. The molecule has 0 radical (unpaired) electrons. The van der Waals surface area contributed by atoms with Gasteiger partial charge in [-0.3, -0.25) is 0 Å². The summed E-state index contributed by atoms with van der Waals surface area (Å²) in [6, 6.07) is 62.2. The molecule has 13 rings (SSSR count). The van der Waals surface area contributed by atoms with Gasteiger partial charge in [-0.1, -0.05) is 109 Å². The summed E-state index contributed by atoms with van der Waals surface area (Å²) < 4.78 is 11.6. The molecule has 4 nitrogen and oxygen atoms in total. The first-order valence-electron chi connectivity index (χ1n) is 18.3. The number of benzene rings is 8. The van der Waals surface area contributed by atoms with Crippen LogP contribution in [0.15, 0.2) is 174 Å². The number of aromatic nitrogens is 2. The Balaban J connectivity index is 1.27. The Hall–Kier alpha value is -6.98. The van der Waals surface area contributed by atoms with Crippen molar-refractivity contribution in [1.82, 2.24) is 9.13 Å². The first-order chi connectivity index (χ1) is 26.3. The minimum Gasteiger partial charge on any atom is -0.456 e. The van der Waals surface area contributed by atoms with Crippen LogP contribution in [-0.2, 0) is 0 Å². The van der Waals surface area contributed by atoms with E-state index >= 15 is 0 Å². The number of nitrogens with zero attached hydrogens (tertiary/aromatic N) is 3. The Bertz CT molecular complexity index is 3320. The van der Waals surface area contributed by atoms with Crippen molar-refractivity contribution in [2.45, 2.75) is 0 Å². The fourth-order valence-corrected chi connectivity index (χ4v) is 9.87. The number of rotatable bonds is 2. The summed E-state index contributed by atoms with van der Waals surface area (Å²) >= 11 is 0. The largest absolute Gasteiger partial charge is 0.456 e. The molecular weight excluding hydrogens is 645 g/mol. The summed E-state index contributed by atoms with van der Waals surface area (Å²) in [5, 5.41) is 7.31. The standard InChI is InChI=1S/C48H28BN3O/c1-2-13-29(14-3-1)50-40-23-10-7-19-36(40)49-37-20-12-18-33-34-25-26-44-45(35-17-6-11-24-43(35)53-44)48(34)52(47(33)37)42-28-30(27-41(50)46(42)49)51-38-21-8-4-15-31(38)32-16-5-9-22-39(32)51/h1-28H. The monoisotopic (exact) mass is 673 g/mol. The maximum Gasteiger partial charge on any atom is 0.252 e. The van der Waals surface area contributed by atoms with E-state index in [-0.39, 0.29) is 6.71 Å². The lowest BCUT2D eigenvalue weighted by molar-refractivity contribution is 0.669. The van der Waals surface area contributed by atoms with Crippen molar-refractivity contribution in [2.75, 3.05) is 4.90 Å². The zero-order chi connectivity index (χ0) is 34.4. The molecule has 5 heterocycles. The molecule has 0 saturated heterocycles. The number of furan rings is 1. The van der Waals surface area contributed by atoms with Crippen LogP contribution in [0.2, 0.25) is 0 Å². The van der Waals surface area contributed by atoms with Gasteiger partial charge in [0.15, 0.2) is 0 Å². The summed E-state index contributed by atoms with van der Waals surface area (Å²) in [7, 11) is 0. The van der Waals surface area contributed by atoms with Crippen molar-refractivity contribution < 1.29 is 4.42 Å². The van der Waals surface area contributed by atoms with Crippen molar-refractivity contribution in [2.24, 2.45) is 0 Å². The summed E-state index contributed by atoms with van der Waals surface area (Å²) in [5.41, 5.74) is 16.5. The molecule has 0 saturated carbocycles. The van der Waals surface area contributed by atoms with Crippen LogP contribution in [0.25, 0.3) is 76.9 Å². The van der Waals surface area contributed by atoms with Crippen LogP contribution in [0.3, 0.4) is 0 Å². The molecule has 3 aromatic heterocycles. The fourth-order valence-electron chi connectivity index (χ4n) is 9.87. The number of fused-ring (bicyclic) bond motifs is 14.